The molecule has 2 N–H and O–H groups in total. The third kappa shape index (κ3) is 4.54. The number of likely N-dealkylation sites (tertiary alicyclic amines) is 1. The second-order valence-electron chi connectivity index (χ2n) is 11.5. The second-order valence-corrected chi connectivity index (χ2v) is 11.5. The van der Waals surface area contributed by atoms with E-state index in [-0.39, 0.29) is 36.9 Å². The zero-order valence-corrected chi connectivity index (χ0v) is 19.9. The highest BCUT2D eigenvalue weighted by molar-refractivity contribution is 5.90. The van der Waals surface area contributed by atoms with Gasteiger partial charge in [-0.3, -0.25) is 9.59 Å². The van der Waals surface area contributed by atoms with Gasteiger partial charge in [0.15, 0.2) is 0 Å². The summed E-state index contributed by atoms with van der Waals surface area (Å²) in [6.45, 7) is 6.91. The van der Waals surface area contributed by atoms with E-state index in [1.54, 1.807) is 9.58 Å². The summed E-state index contributed by atoms with van der Waals surface area (Å²) in [5.41, 5.74) is 0.497. The van der Waals surface area contributed by atoms with E-state index < -0.39 is 23.6 Å². The van der Waals surface area contributed by atoms with E-state index >= 15 is 0 Å². The fraction of sp³-hybridized carbons (Fsp3) is 0.833. The second kappa shape index (κ2) is 8.65. The lowest BCUT2D eigenvalue weighted by atomic mass is 9.81. The maximum absolute atomic E-state index is 13.8. The smallest absolute Gasteiger partial charge is 0.248 e. The number of aliphatic hydroxyl groups is 1. The van der Waals surface area contributed by atoms with Crippen molar-refractivity contribution in [2.45, 2.75) is 102 Å². The van der Waals surface area contributed by atoms with Crippen LogP contribution in [0.2, 0.25) is 0 Å². The lowest BCUT2D eigenvalue weighted by Gasteiger charge is -2.36. The fourth-order valence-corrected chi connectivity index (χ4v) is 5.96. The van der Waals surface area contributed by atoms with Gasteiger partial charge >= 0.3 is 0 Å². The number of carbonyl (C=O) groups excluding carboxylic acids is 2. The van der Waals surface area contributed by atoms with E-state index in [1.165, 1.54) is 0 Å². The van der Waals surface area contributed by atoms with Gasteiger partial charge in [0.1, 0.15) is 12.1 Å². The first-order chi connectivity index (χ1) is 15.7. The molecule has 4 fully saturated rings. The Balaban J connectivity index is 1.34. The molecule has 2 saturated carbocycles. The Bertz CT molecular complexity index is 892. The number of hydrogen-bond donors (Lipinski definition) is 2. The highest BCUT2D eigenvalue weighted by Gasteiger charge is 2.47. The molecule has 182 valence electrons. The summed E-state index contributed by atoms with van der Waals surface area (Å²) in [6.07, 6.45) is 7.88. The van der Waals surface area contributed by atoms with Gasteiger partial charge in [0.05, 0.1) is 17.9 Å². The first kappa shape index (κ1) is 22.8. The van der Waals surface area contributed by atoms with Crippen LogP contribution in [0.1, 0.15) is 83.4 Å². The third-order valence-corrected chi connectivity index (χ3v) is 7.82. The van der Waals surface area contributed by atoms with Crippen LogP contribution in [0.15, 0.2) is 6.20 Å². The Morgan fingerprint density at radius 3 is 2.73 bits per heavy atom. The van der Waals surface area contributed by atoms with Gasteiger partial charge in [0, 0.05) is 43.6 Å². The van der Waals surface area contributed by atoms with Gasteiger partial charge < -0.3 is 20.1 Å². The van der Waals surface area contributed by atoms with Crippen LogP contribution in [0.3, 0.4) is 0 Å². The van der Waals surface area contributed by atoms with Crippen molar-refractivity contribution < 1.29 is 19.4 Å². The topological polar surface area (TPSA) is 110 Å². The molecule has 33 heavy (non-hydrogen) atoms. The van der Waals surface area contributed by atoms with Crippen molar-refractivity contribution in [1.29, 1.82) is 0 Å². The molecule has 2 saturated heterocycles. The van der Waals surface area contributed by atoms with Crippen LogP contribution in [0, 0.1) is 11.3 Å². The number of rotatable bonds is 5. The molecule has 2 aliphatic heterocycles. The minimum Gasteiger partial charge on any atom is -0.391 e. The Morgan fingerprint density at radius 1 is 1.21 bits per heavy atom. The lowest BCUT2D eigenvalue weighted by Crippen LogP contribution is -2.54. The number of amides is 2. The normalized spacial score (nSPS) is 33.1. The molecule has 0 bridgehead atoms. The van der Waals surface area contributed by atoms with Crippen LogP contribution in [0.25, 0.3) is 0 Å². The molecule has 0 aromatic carbocycles. The van der Waals surface area contributed by atoms with E-state index in [1.807, 2.05) is 27.0 Å². The molecule has 1 aromatic heterocycles. The zero-order valence-electron chi connectivity index (χ0n) is 19.9. The highest BCUT2D eigenvalue weighted by Crippen LogP contribution is 2.40. The van der Waals surface area contributed by atoms with Gasteiger partial charge in [-0.25, -0.2) is 4.68 Å². The monoisotopic (exact) mass is 459 g/mol. The van der Waals surface area contributed by atoms with Crippen molar-refractivity contribution in [3.05, 3.63) is 11.9 Å². The minimum absolute atomic E-state index is 0.0725. The first-order valence-electron chi connectivity index (χ1n) is 12.5. The van der Waals surface area contributed by atoms with Crippen LogP contribution < -0.4 is 5.32 Å². The third-order valence-electron chi connectivity index (χ3n) is 7.82. The summed E-state index contributed by atoms with van der Waals surface area (Å²) in [5, 5.41) is 22.3. The van der Waals surface area contributed by atoms with E-state index in [9.17, 15) is 14.7 Å². The Hall–Kier alpha value is -2.00. The number of aromatic nitrogens is 3. The van der Waals surface area contributed by atoms with E-state index in [0.717, 1.165) is 50.8 Å². The number of ether oxygens (including phenoxy) is 1. The average molecular weight is 460 g/mol. The first-order valence-corrected chi connectivity index (χ1v) is 12.5. The molecule has 3 heterocycles. The molecule has 0 radical (unpaired) electrons. The maximum Gasteiger partial charge on any atom is 0.248 e. The quantitative estimate of drug-likeness (QED) is 0.695. The SMILES string of the molecule is CC(C)(C)[C@@H](C(=O)N1C[C@H](O)C[C@H]1C(=O)NC1CCCC2OCCC12)n1cc(C2CC2)nn1. The number of β-amino-alcohol motifs (C(OH)–C–C–N with tert-alkyl or cyclic N) is 1. The summed E-state index contributed by atoms with van der Waals surface area (Å²) in [7, 11) is 0. The van der Waals surface area contributed by atoms with Crippen molar-refractivity contribution >= 4 is 11.8 Å². The van der Waals surface area contributed by atoms with Gasteiger partial charge in [0.2, 0.25) is 11.8 Å². The molecule has 9 nitrogen and oxygen atoms in total. The molecule has 2 amide bonds. The summed E-state index contributed by atoms with van der Waals surface area (Å²) >= 11 is 0. The van der Waals surface area contributed by atoms with Gasteiger partial charge in [-0.05, 0) is 43.9 Å². The molecule has 3 unspecified atom stereocenters. The summed E-state index contributed by atoms with van der Waals surface area (Å²) in [6, 6.07) is -1.20. The average Bonchev–Trinajstić information content (AvgIpc) is 3.13. The van der Waals surface area contributed by atoms with E-state index in [4.69, 9.17) is 4.74 Å². The molecule has 4 aliphatic rings. The fourth-order valence-electron chi connectivity index (χ4n) is 5.96. The van der Waals surface area contributed by atoms with E-state index in [0.29, 0.717) is 11.8 Å². The molecule has 1 aromatic rings. The maximum atomic E-state index is 13.8. The molecule has 9 heteroatoms. The molecular weight excluding hydrogens is 422 g/mol. The van der Waals surface area contributed by atoms with Crippen LogP contribution in [0.4, 0.5) is 0 Å². The molecular formula is C24H37N5O4. The predicted molar refractivity (Wildman–Crippen MR) is 120 cm³/mol. The Labute approximate surface area is 195 Å². The van der Waals surface area contributed by atoms with Crippen molar-refractivity contribution in [2.24, 2.45) is 11.3 Å². The zero-order chi connectivity index (χ0) is 23.3. The van der Waals surface area contributed by atoms with Crippen molar-refractivity contribution in [3.63, 3.8) is 0 Å². The Morgan fingerprint density at radius 2 is 2.00 bits per heavy atom. The van der Waals surface area contributed by atoms with Gasteiger partial charge in [-0.1, -0.05) is 26.0 Å². The van der Waals surface area contributed by atoms with Gasteiger partial charge in [-0.15, -0.1) is 5.10 Å². The summed E-state index contributed by atoms with van der Waals surface area (Å²) < 4.78 is 7.50. The largest absolute Gasteiger partial charge is 0.391 e. The highest BCUT2D eigenvalue weighted by atomic mass is 16.5. The van der Waals surface area contributed by atoms with Gasteiger partial charge in [-0.2, -0.15) is 0 Å². The lowest BCUT2D eigenvalue weighted by molar-refractivity contribution is -0.144. The molecule has 5 rings (SSSR count). The van der Waals surface area contributed by atoms with Crippen LogP contribution in [0.5, 0.6) is 0 Å². The van der Waals surface area contributed by atoms with E-state index in [2.05, 4.69) is 15.6 Å². The van der Waals surface area contributed by atoms with Crippen LogP contribution >= 0.6 is 0 Å². The van der Waals surface area contributed by atoms with Crippen LogP contribution in [-0.4, -0.2) is 74.3 Å². The number of carbonyl (C=O) groups is 2. The van der Waals surface area contributed by atoms with Crippen molar-refractivity contribution in [3.8, 4) is 0 Å². The number of nitrogens with one attached hydrogen (secondary N) is 1. The molecule has 6 atom stereocenters. The van der Waals surface area contributed by atoms with Gasteiger partial charge in [0.25, 0.3) is 0 Å². The number of nitrogens with zero attached hydrogens (tertiary/aromatic N) is 4. The standard InChI is InChI=1S/C24H37N5O4/c1-24(2,3)21(29-13-18(26-27-29)14-7-8-14)23(32)28-12-15(30)11-19(28)22(31)25-17-5-4-6-20-16(17)9-10-33-20/h13-17,19-21,30H,4-12H2,1-3H3,(H,25,31)/t15-,16?,17?,19+,20?,21-/m1/s1. The molecule has 0 spiro atoms. The van der Waals surface area contributed by atoms with Crippen molar-refractivity contribution in [2.75, 3.05) is 13.2 Å². The summed E-state index contributed by atoms with van der Waals surface area (Å²) in [5.74, 6) is 0.441. The summed E-state index contributed by atoms with van der Waals surface area (Å²) in [4.78, 5) is 28.8. The van der Waals surface area contributed by atoms with Crippen LogP contribution in [-0.2, 0) is 14.3 Å². The number of hydrogen-bond acceptors (Lipinski definition) is 6. The minimum atomic E-state index is -0.711. The number of fused-ring (bicyclic) bond motifs is 1. The number of aliphatic hydroxyl groups excluding tert-OH is 1. The predicted octanol–water partition coefficient (Wildman–Crippen LogP) is 1.78. The van der Waals surface area contributed by atoms with Crippen molar-refractivity contribution in [1.82, 2.24) is 25.2 Å². The molecule has 2 aliphatic carbocycles. The Kier molecular flexibility index (Phi) is 5.97.